The molecule has 0 spiro atoms. The van der Waals surface area contributed by atoms with Crippen molar-refractivity contribution in [3.8, 4) is 0 Å². The predicted octanol–water partition coefficient (Wildman–Crippen LogP) is 3.94. The number of hydrogen-bond donors (Lipinski definition) is 1. The van der Waals surface area contributed by atoms with Crippen molar-refractivity contribution in [2.45, 2.75) is 6.61 Å². The van der Waals surface area contributed by atoms with Gasteiger partial charge >= 0.3 is 5.97 Å². The molecular formula is C17H15Cl2NO4. The Labute approximate surface area is 149 Å². The van der Waals surface area contributed by atoms with Crippen molar-refractivity contribution >= 4 is 40.8 Å². The van der Waals surface area contributed by atoms with Gasteiger partial charge in [0.2, 0.25) is 0 Å². The van der Waals surface area contributed by atoms with Crippen LogP contribution in [0.15, 0.2) is 42.5 Å². The van der Waals surface area contributed by atoms with Gasteiger partial charge in [0.05, 0.1) is 12.2 Å². The maximum atomic E-state index is 12.0. The predicted molar refractivity (Wildman–Crippen MR) is 92.5 cm³/mol. The first kappa shape index (κ1) is 18.3. The van der Waals surface area contributed by atoms with E-state index >= 15 is 0 Å². The first-order chi connectivity index (χ1) is 11.5. The average molecular weight is 368 g/mol. The van der Waals surface area contributed by atoms with Gasteiger partial charge in [0, 0.05) is 22.8 Å². The molecule has 2 rings (SSSR count). The fourth-order valence-corrected chi connectivity index (χ4v) is 2.52. The smallest absolute Gasteiger partial charge is 0.338 e. The maximum absolute atomic E-state index is 12.0. The maximum Gasteiger partial charge on any atom is 0.338 e. The first-order valence-electron chi connectivity index (χ1n) is 6.99. The minimum atomic E-state index is -0.591. The third-order valence-corrected chi connectivity index (χ3v) is 3.39. The highest BCUT2D eigenvalue weighted by molar-refractivity contribution is 6.35. The van der Waals surface area contributed by atoms with Crippen LogP contribution in [0.3, 0.4) is 0 Å². The Kier molecular flexibility index (Phi) is 6.61. The average Bonchev–Trinajstić information content (AvgIpc) is 2.52. The summed E-state index contributed by atoms with van der Waals surface area (Å²) in [7, 11) is 1.57. The Morgan fingerprint density at radius 2 is 1.79 bits per heavy atom. The van der Waals surface area contributed by atoms with Crippen molar-refractivity contribution in [3.05, 3.63) is 63.6 Å². The fourth-order valence-electron chi connectivity index (χ4n) is 1.99. The largest absolute Gasteiger partial charge is 0.452 e. The molecule has 0 aromatic heterocycles. The van der Waals surface area contributed by atoms with Crippen LogP contribution in [0.4, 0.5) is 5.69 Å². The van der Waals surface area contributed by atoms with Crippen molar-refractivity contribution in [3.63, 3.8) is 0 Å². The summed E-state index contributed by atoms with van der Waals surface area (Å²) in [5, 5.41) is 3.34. The summed E-state index contributed by atoms with van der Waals surface area (Å²) in [6, 6.07) is 11.4. The van der Waals surface area contributed by atoms with E-state index in [1.807, 2.05) is 6.07 Å². The number of carbonyl (C=O) groups is 2. The quantitative estimate of drug-likeness (QED) is 0.785. The van der Waals surface area contributed by atoms with Crippen LogP contribution in [-0.2, 0) is 20.9 Å². The highest BCUT2D eigenvalue weighted by Gasteiger charge is 2.11. The molecule has 0 fully saturated rings. The van der Waals surface area contributed by atoms with Crippen LogP contribution in [0.25, 0.3) is 0 Å². The zero-order valence-electron chi connectivity index (χ0n) is 12.8. The minimum absolute atomic E-state index is 0.350. The van der Waals surface area contributed by atoms with Crippen LogP contribution in [0.5, 0.6) is 0 Å². The summed E-state index contributed by atoms with van der Waals surface area (Å²) in [6.07, 6.45) is 0. The molecule has 0 unspecified atom stereocenters. The lowest BCUT2D eigenvalue weighted by Crippen LogP contribution is -2.21. The highest BCUT2D eigenvalue weighted by atomic mass is 35.5. The van der Waals surface area contributed by atoms with Gasteiger partial charge in [-0.3, -0.25) is 4.79 Å². The summed E-state index contributed by atoms with van der Waals surface area (Å²) in [5.74, 6) is -1.08. The minimum Gasteiger partial charge on any atom is -0.452 e. The van der Waals surface area contributed by atoms with E-state index in [2.05, 4.69) is 5.32 Å². The molecule has 0 aliphatic heterocycles. The van der Waals surface area contributed by atoms with Crippen LogP contribution >= 0.6 is 23.2 Å². The SMILES string of the molecule is COCc1cccc(C(=O)OCC(=O)Nc2cc(Cl)cc(Cl)c2)c1. The van der Waals surface area contributed by atoms with E-state index in [1.165, 1.54) is 0 Å². The monoisotopic (exact) mass is 367 g/mol. The van der Waals surface area contributed by atoms with Gasteiger partial charge in [-0.05, 0) is 35.9 Å². The second kappa shape index (κ2) is 8.68. The van der Waals surface area contributed by atoms with Crippen molar-refractivity contribution in [2.75, 3.05) is 19.0 Å². The number of carbonyl (C=O) groups excluding carboxylic acids is 2. The lowest BCUT2D eigenvalue weighted by molar-refractivity contribution is -0.119. The van der Waals surface area contributed by atoms with Crippen molar-refractivity contribution in [2.24, 2.45) is 0 Å². The molecule has 1 N–H and O–H groups in total. The number of rotatable bonds is 6. The molecule has 7 heteroatoms. The molecule has 0 saturated heterocycles. The Balaban J connectivity index is 1.91. The summed E-state index contributed by atoms with van der Waals surface area (Å²) >= 11 is 11.7. The lowest BCUT2D eigenvalue weighted by Gasteiger charge is -2.08. The van der Waals surface area contributed by atoms with Crippen LogP contribution in [0.1, 0.15) is 15.9 Å². The fraction of sp³-hybridized carbons (Fsp3) is 0.176. The third kappa shape index (κ3) is 5.53. The zero-order chi connectivity index (χ0) is 17.5. The molecule has 0 aliphatic rings. The number of amides is 1. The Morgan fingerprint density at radius 1 is 1.08 bits per heavy atom. The second-order valence-electron chi connectivity index (χ2n) is 4.92. The van der Waals surface area contributed by atoms with Crippen LogP contribution in [0, 0.1) is 0 Å². The summed E-state index contributed by atoms with van der Waals surface area (Å²) < 4.78 is 10.0. The van der Waals surface area contributed by atoms with Gasteiger partial charge in [0.15, 0.2) is 6.61 Å². The molecule has 2 aromatic rings. The third-order valence-electron chi connectivity index (χ3n) is 2.95. The first-order valence-corrected chi connectivity index (χ1v) is 7.74. The Bertz CT molecular complexity index is 729. The van der Waals surface area contributed by atoms with Crippen molar-refractivity contribution < 1.29 is 19.1 Å². The van der Waals surface area contributed by atoms with E-state index in [-0.39, 0.29) is 0 Å². The molecule has 0 heterocycles. The Morgan fingerprint density at radius 3 is 2.46 bits per heavy atom. The summed E-state index contributed by atoms with van der Waals surface area (Å²) in [6.45, 7) is -0.0331. The van der Waals surface area contributed by atoms with E-state index in [0.29, 0.717) is 27.9 Å². The molecule has 0 aliphatic carbocycles. The number of esters is 1. The van der Waals surface area contributed by atoms with Gasteiger partial charge in [-0.25, -0.2) is 4.79 Å². The lowest BCUT2D eigenvalue weighted by atomic mass is 10.1. The molecule has 24 heavy (non-hydrogen) atoms. The van der Waals surface area contributed by atoms with Gasteiger partial charge in [0.25, 0.3) is 5.91 Å². The van der Waals surface area contributed by atoms with E-state index in [1.54, 1.807) is 43.5 Å². The van der Waals surface area contributed by atoms with E-state index < -0.39 is 18.5 Å². The normalized spacial score (nSPS) is 10.3. The van der Waals surface area contributed by atoms with Gasteiger partial charge in [-0.2, -0.15) is 0 Å². The van der Waals surface area contributed by atoms with Crippen molar-refractivity contribution in [1.29, 1.82) is 0 Å². The summed E-state index contributed by atoms with van der Waals surface area (Å²) in [5.41, 5.74) is 1.61. The molecule has 126 valence electrons. The molecule has 2 aromatic carbocycles. The molecule has 0 bridgehead atoms. The Hall–Kier alpha value is -2.08. The second-order valence-corrected chi connectivity index (χ2v) is 5.79. The van der Waals surface area contributed by atoms with Gasteiger partial charge in [0.1, 0.15) is 0 Å². The molecule has 1 amide bonds. The van der Waals surface area contributed by atoms with E-state index in [0.717, 1.165) is 5.56 Å². The molecule has 0 atom stereocenters. The van der Waals surface area contributed by atoms with Crippen molar-refractivity contribution in [1.82, 2.24) is 0 Å². The van der Waals surface area contributed by atoms with Crippen LogP contribution in [-0.4, -0.2) is 25.6 Å². The van der Waals surface area contributed by atoms with Gasteiger partial charge in [-0.1, -0.05) is 35.3 Å². The topological polar surface area (TPSA) is 64.6 Å². The highest BCUT2D eigenvalue weighted by Crippen LogP contribution is 2.22. The number of methoxy groups -OCH3 is 1. The summed E-state index contributed by atoms with van der Waals surface area (Å²) in [4.78, 5) is 23.8. The molecule has 5 nitrogen and oxygen atoms in total. The number of ether oxygens (including phenoxy) is 2. The van der Waals surface area contributed by atoms with Crippen LogP contribution < -0.4 is 5.32 Å². The van der Waals surface area contributed by atoms with E-state index in [9.17, 15) is 9.59 Å². The molecular weight excluding hydrogens is 353 g/mol. The number of hydrogen-bond acceptors (Lipinski definition) is 4. The van der Waals surface area contributed by atoms with Crippen LogP contribution in [0.2, 0.25) is 10.0 Å². The molecule has 0 saturated carbocycles. The number of halogens is 2. The molecule has 0 radical (unpaired) electrons. The standard InChI is InChI=1S/C17H15Cl2NO4/c1-23-9-11-3-2-4-12(5-11)17(22)24-10-16(21)20-15-7-13(18)6-14(19)8-15/h2-8H,9-10H2,1H3,(H,20,21). The van der Waals surface area contributed by atoms with Gasteiger partial charge < -0.3 is 14.8 Å². The van der Waals surface area contributed by atoms with Gasteiger partial charge in [-0.15, -0.1) is 0 Å². The number of anilines is 1. The number of nitrogens with one attached hydrogen (secondary N) is 1. The van der Waals surface area contributed by atoms with E-state index in [4.69, 9.17) is 32.7 Å². The zero-order valence-corrected chi connectivity index (χ0v) is 14.4. The number of benzene rings is 2.